The van der Waals surface area contributed by atoms with Gasteiger partial charge in [-0.3, -0.25) is 4.90 Å². The van der Waals surface area contributed by atoms with Crippen molar-refractivity contribution >= 4 is 24.8 Å². The SMILES string of the molecule is C=CC[C@H]1OC(C)(C)N(C(=O)OC(C)(C)C)[C@@H]1CO[Si](c1ccccc1)(c1ccccc1)C(C)(C)C. The summed E-state index contributed by atoms with van der Waals surface area (Å²) in [5.74, 6) is 0. The summed E-state index contributed by atoms with van der Waals surface area (Å²) < 4.78 is 19.4. The van der Waals surface area contributed by atoms with Crippen LogP contribution in [-0.4, -0.2) is 49.4 Å². The minimum atomic E-state index is -2.79. The monoisotopic (exact) mass is 509 g/mol. The van der Waals surface area contributed by atoms with Crippen molar-refractivity contribution in [2.24, 2.45) is 0 Å². The van der Waals surface area contributed by atoms with E-state index in [1.165, 1.54) is 10.4 Å². The molecule has 0 aromatic heterocycles. The molecule has 0 N–H and O–H groups in total. The van der Waals surface area contributed by atoms with E-state index < -0.39 is 25.7 Å². The molecule has 0 spiro atoms. The van der Waals surface area contributed by atoms with Crippen molar-refractivity contribution in [2.75, 3.05) is 6.61 Å². The van der Waals surface area contributed by atoms with Crippen LogP contribution in [0.4, 0.5) is 4.79 Å². The molecule has 1 aliphatic rings. The molecule has 5 nitrogen and oxygen atoms in total. The fraction of sp³-hybridized carbons (Fsp3) is 0.500. The molecule has 0 aliphatic carbocycles. The van der Waals surface area contributed by atoms with Gasteiger partial charge in [0, 0.05) is 0 Å². The summed E-state index contributed by atoms with van der Waals surface area (Å²) >= 11 is 0. The zero-order valence-corrected chi connectivity index (χ0v) is 24.2. The van der Waals surface area contributed by atoms with Crippen molar-refractivity contribution in [3.8, 4) is 0 Å². The molecule has 6 heteroatoms. The number of amides is 1. The van der Waals surface area contributed by atoms with Crippen LogP contribution in [0.15, 0.2) is 73.3 Å². The number of carbonyl (C=O) groups excluding carboxylic acids is 1. The third-order valence-corrected chi connectivity index (χ3v) is 11.7. The summed E-state index contributed by atoms with van der Waals surface area (Å²) in [5, 5.41) is 2.23. The predicted octanol–water partition coefficient (Wildman–Crippen LogP) is 5.88. The van der Waals surface area contributed by atoms with Gasteiger partial charge in [-0.1, -0.05) is 87.5 Å². The van der Waals surface area contributed by atoms with Gasteiger partial charge < -0.3 is 13.9 Å². The molecule has 36 heavy (non-hydrogen) atoms. The molecule has 2 atom stereocenters. The van der Waals surface area contributed by atoms with Crippen molar-refractivity contribution in [1.29, 1.82) is 0 Å². The second kappa shape index (κ2) is 10.5. The van der Waals surface area contributed by atoms with Crippen molar-refractivity contribution in [3.05, 3.63) is 73.3 Å². The van der Waals surface area contributed by atoms with Crippen LogP contribution in [-0.2, 0) is 13.9 Å². The van der Waals surface area contributed by atoms with Crippen LogP contribution >= 0.6 is 0 Å². The molecule has 1 heterocycles. The van der Waals surface area contributed by atoms with Crippen LogP contribution in [0.3, 0.4) is 0 Å². The van der Waals surface area contributed by atoms with Crippen molar-refractivity contribution in [3.63, 3.8) is 0 Å². The maximum absolute atomic E-state index is 13.5. The molecular formula is C30H43NO4Si. The van der Waals surface area contributed by atoms with E-state index in [0.29, 0.717) is 13.0 Å². The Hall–Kier alpha value is -2.41. The topological polar surface area (TPSA) is 48.0 Å². The lowest BCUT2D eigenvalue weighted by Gasteiger charge is -2.44. The minimum absolute atomic E-state index is 0.171. The second-order valence-electron chi connectivity index (χ2n) is 12.0. The third-order valence-electron chi connectivity index (χ3n) is 6.66. The van der Waals surface area contributed by atoms with Crippen LogP contribution in [0.25, 0.3) is 0 Å². The highest BCUT2D eigenvalue weighted by Crippen LogP contribution is 2.40. The van der Waals surface area contributed by atoms with E-state index in [9.17, 15) is 4.79 Å². The van der Waals surface area contributed by atoms with Gasteiger partial charge in [-0.25, -0.2) is 4.79 Å². The lowest BCUT2D eigenvalue weighted by atomic mass is 10.1. The molecule has 3 rings (SSSR count). The second-order valence-corrected chi connectivity index (χ2v) is 16.3. The van der Waals surface area contributed by atoms with Crippen LogP contribution in [0, 0.1) is 0 Å². The predicted molar refractivity (Wildman–Crippen MR) is 149 cm³/mol. The molecular weight excluding hydrogens is 466 g/mol. The van der Waals surface area contributed by atoms with Gasteiger partial charge in [0.25, 0.3) is 8.32 Å². The molecule has 0 saturated carbocycles. The van der Waals surface area contributed by atoms with Crippen LogP contribution < -0.4 is 10.4 Å². The zero-order valence-electron chi connectivity index (χ0n) is 23.2. The summed E-state index contributed by atoms with van der Waals surface area (Å²) in [6.07, 6.45) is 1.81. The number of hydrogen-bond donors (Lipinski definition) is 0. The quantitative estimate of drug-likeness (QED) is 0.345. The third kappa shape index (κ3) is 5.77. The lowest BCUT2D eigenvalue weighted by Crippen LogP contribution is -2.67. The van der Waals surface area contributed by atoms with E-state index in [4.69, 9.17) is 13.9 Å². The van der Waals surface area contributed by atoms with Crippen LogP contribution in [0.5, 0.6) is 0 Å². The molecule has 2 aromatic rings. The van der Waals surface area contributed by atoms with Gasteiger partial charge in [-0.15, -0.1) is 6.58 Å². The van der Waals surface area contributed by atoms with E-state index >= 15 is 0 Å². The van der Waals surface area contributed by atoms with E-state index in [1.54, 1.807) is 4.90 Å². The number of rotatable bonds is 7. The van der Waals surface area contributed by atoms with E-state index in [-0.39, 0.29) is 17.2 Å². The minimum Gasteiger partial charge on any atom is -0.444 e. The molecule has 196 valence electrons. The van der Waals surface area contributed by atoms with Crippen molar-refractivity contribution in [2.45, 2.75) is 90.3 Å². The fourth-order valence-corrected chi connectivity index (χ4v) is 9.84. The summed E-state index contributed by atoms with van der Waals surface area (Å²) in [6.45, 7) is 20.5. The lowest BCUT2D eigenvalue weighted by molar-refractivity contribution is -0.0784. The smallest absolute Gasteiger partial charge is 0.412 e. The number of ether oxygens (including phenoxy) is 2. The Bertz CT molecular complexity index is 985. The Labute approximate surface area is 218 Å². The normalized spacial score (nSPS) is 20.3. The summed E-state index contributed by atoms with van der Waals surface area (Å²) in [7, 11) is -2.79. The number of benzene rings is 2. The largest absolute Gasteiger partial charge is 0.444 e. The summed E-state index contributed by atoms with van der Waals surface area (Å²) in [4.78, 5) is 15.2. The first kappa shape index (κ1) is 28.2. The van der Waals surface area contributed by atoms with E-state index in [0.717, 1.165) is 0 Å². The average Bonchev–Trinajstić information content (AvgIpc) is 3.03. The summed E-state index contributed by atoms with van der Waals surface area (Å²) in [6, 6.07) is 20.7. The molecule has 1 amide bonds. The fourth-order valence-electron chi connectivity index (χ4n) is 5.26. The maximum Gasteiger partial charge on any atom is 0.412 e. The molecule has 1 saturated heterocycles. The average molecular weight is 510 g/mol. The van der Waals surface area contributed by atoms with Crippen molar-refractivity contribution in [1.82, 2.24) is 4.90 Å². The molecule has 2 aromatic carbocycles. The van der Waals surface area contributed by atoms with Gasteiger partial charge in [0.2, 0.25) is 0 Å². The number of nitrogens with zero attached hydrogens (tertiary/aromatic N) is 1. The van der Waals surface area contributed by atoms with Gasteiger partial charge in [0.05, 0.1) is 18.8 Å². The Morgan fingerprint density at radius 2 is 1.50 bits per heavy atom. The zero-order chi connectivity index (χ0) is 26.8. The van der Waals surface area contributed by atoms with Gasteiger partial charge in [-0.05, 0) is 56.5 Å². The Kier molecular flexibility index (Phi) is 8.23. The van der Waals surface area contributed by atoms with Gasteiger partial charge in [0.1, 0.15) is 11.3 Å². The first-order valence-electron chi connectivity index (χ1n) is 12.8. The Morgan fingerprint density at radius 3 is 1.92 bits per heavy atom. The first-order valence-corrected chi connectivity index (χ1v) is 14.7. The van der Waals surface area contributed by atoms with Gasteiger partial charge in [-0.2, -0.15) is 0 Å². The van der Waals surface area contributed by atoms with Gasteiger partial charge in [0.15, 0.2) is 0 Å². The first-order chi connectivity index (χ1) is 16.7. The summed E-state index contributed by atoms with van der Waals surface area (Å²) in [5.41, 5.74) is -1.46. The van der Waals surface area contributed by atoms with Gasteiger partial charge >= 0.3 is 6.09 Å². The number of hydrogen-bond acceptors (Lipinski definition) is 4. The van der Waals surface area contributed by atoms with Crippen molar-refractivity contribution < 1.29 is 18.7 Å². The van der Waals surface area contributed by atoms with Crippen LogP contribution in [0.2, 0.25) is 5.04 Å². The molecule has 0 bridgehead atoms. The molecule has 0 radical (unpaired) electrons. The maximum atomic E-state index is 13.5. The highest BCUT2D eigenvalue weighted by Gasteiger charge is 2.54. The highest BCUT2D eigenvalue weighted by molar-refractivity contribution is 6.99. The molecule has 1 fully saturated rings. The van der Waals surface area contributed by atoms with Crippen LogP contribution in [0.1, 0.15) is 61.8 Å². The van der Waals surface area contributed by atoms with E-state index in [1.807, 2.05) is 52.8 Å². The highest BCUT2D eigenvalue weighted by atomic mass is 28.4. The number of carbonyl (C=O) groups is 1. The Balaban J connectivity index is 2.09. The van der Waals surface area contributed by atoms with E-state index in [2.05, 4.69) is 75.9 Å². The Morgan fingerprint density at radius 1 is 1.00 bits per heavy atom. The molecule has 1 aliphatic heterocycles. The molecule has 0 unspecified atom stereocenters. The standard InChI is InChI=1S/C30H43NO4Si/c1-10-17-26-25(31(30(8,9)34-26)27(32)35-28(2,3)4)22-33-36(29(5,6)7,23-18-13-11-14-19-23)24-20-15-12-16-21-24/h10-16,18-21,25-26H,1,17,22H2,2-9H3/t25-,26-/m1/s1.